The SMILES string of the molecule is O=Cc1ccc(OCCCCOc2ccc([N+](=O)[O-])cc2)cc1. The van der Waals surface area contributed by atoms with Crippen LogP contribution in [0.1, 0.15) is 23.2 Å². The molecule has 0 aliphatic carbocycles. The molecule has 2 aromatic carbocycles. The molecule has 6 nitrogen and oxygen atoms in total. The zero-order valence-electron chi connectivity index (χ0n) is 12.5. The first-order chi connectivity index (χ1) is 11.2. The van der Waals surface area contributed by atoms with Crippen LogP contribution in [0.15, 0.2) is 48.5 Å². The van der Waals surface area contributed by atoms with E-state index in [0.717, 1.165) is 24.9 Å². The topological polar surface area (TPSA) is 78.7 Å². The Balaban J connectivity index is 1.61. The second-order valence-corrected chi connectivity index (χ2v) is 4.84. The van der Waals surface area contributed by atoms with Crippen molar-refractivity contribution < 1.29 is 19.2 Å². The Bertz CT molecular complexity index is 637. The average Bonchev–Trinajstić information content (AvgIpc) is 2.59. The zero-order chi connectivity index (χ0) is 16.5. The van der Waals surface area contributed by atoms with Gasteiger partial charge in [-0.2, -0.15) is 0 Å². The first-order valence-electron chi connectivity index (χ1n) is 7.24. The standard InChI is InChI=1S/C17H17NO5/c19-13-14-3-7-16(8-4-14)22-11-1-2-12-23-17-9-5-15(6-10-17)18(20)21/h3-10,13H,1-2,11-12H2. The Morgan fingerprint density at radius 2 is 1.35 bits per heavy atom. The summed E-state index contributed by atoms with van der Waals surface area (Å²) in [7, 11) is 0. The summed E-state index contributed by atoms with van der Waals surface area (Å²) in [5.74, 6) is 1.34. The normalized spacial score (nSPS) is 10.1. The maximum atomic E-state index is 10.5. The molecule has 6 heteroatoms. The molecule has 2 aromatic rings. The number of non-ortho nitro benzene ring substituents is 1. The number of rotatable bonds is 9. The molecule has 0 N–H and O–H groups in total. The highest BCUT2D eigenvalue weighted by atomic mass is 16.6. The highest BCUT2D eigenvalue weighted by molar-refractivity contribution is 5.74. The van der Waals surface area contributed by atoms with Crippen molar-refractivity contribution in [2.75, 3.05) is 13.2 Å². The molecule has 0 saturated carbocycles. The van der Waals surface area contributed by atoms with E-state index in [-0.39, 0.29) is 5.69 Å². The lowest BCUT2D eigenvalue weighted by Gasteiger charge is -2.07. The lowest BCUT2D eigenvalue weighted by atomic mass is 10.2. The van der Waals surface area contributed by atoms with Crippen LogP contribution in [-0.4, -0.2) is 24.4 Å². The Labute approximate surface area is 133 Å². The lowest BCUT2D eigenvalue weighted by molar-refractivity contribution is -0.384. The average molecular weight is 315 g/mol. The summed E-state index contributed by atoms with van der Waals surface area (Å²) in [6.07, 6.45) is 2.42. The number of nitro groups is 1. The summed E-state index contributed by atoms with van der Waals surface area (Å²) < 4.78 is 11.1. The fourth-order valence-electron chi connectivity index (χ4n) is 1.89. The smallest absolute Gasteiger partial charge is 0.269 e. The van der Waals surface area contributed by atoms with Crippen molar-refractivity contribution in [2.24, 2.45) is 0 Å². The monoisotopic (exact) mass is 315 g/mol. The Hall–Kier alpha value is -2.89. The quantitative estimate of drug-likeness (QED) is 0.305. The summed E-state index contributed by atoms with van der Waals surface area (Å²) >= 11 is 0. The van der Waals surface area contributed by atoms with Gasteiger partial charge in [-0.05, 0) is 49.2 Å². The van der Waals surface area contributed by atoms with E-state index in [1.54, 1.807) is 36.4 Å². The highest BCUT2D eigenvalue weighted by Gasteiger charge is 2.04. The van der Waals surface area contributed by atoms with E-state index >= 15 is 0 Å². The van der Waals surface area contributed by atoms with Gasteiger partial charge < -0.3 is 9.47 Å². The van der Waals surface area contributed by atoms with E-state index in [4.69, 9.17) is 9.47 Å². The molecule has 0 atom stereocenters. The minimum atomic E-state index is -0.442. The van der Waals surface area contributed by atoms with E-state index in [1.165, 1.54) is 12.1 Å². The van der Waals surface area contributed by atoms with Gasteiger partial charge in [-0.25, -0.2) is 0 Å². The lowest BCUT2D eigenvalue weighted by Crippen LogP contribution is -2.02. The minimum absolute atomic E-state index is 0.0475. The van der Waals surface area contributed by atoms with E-state index < -0.39 is 4.92 Å². The van der Waals surface area contributed by atoms with Crippen molar-refractivity contribution in [3.05, 3.63) is 64.2 Å². The van der Waals surface area contributed by atoms with Gasteiger partial charge in [0.1, 0.15) is 17.8 Å². The first-order valence-corrected chi connectivity index (χ1v) is 7.24. The third kappa shape index (κ3) is 5.43. The van der Waals surface area contributed by atoms with Gasteiger partial charge in [0.2, 0.25) is 0 Å². The van der Waals surface area contributed by atoms with Gasteiger partial charge in [0, 0.05) is 17.7 Å². The summed E-state index contributed by atoms with van der Waals surface area (Å²) in [5, 5.41) is 10.5. The van der Waals surface area contributed by atoms with E-state index in [0.29, 0.717) is 24.5 Å². The van der Waals surface area contributed by atoms with Crippen molar-refractivity contribution in [3.8, 4) is 11.5 Å². The molecular formula is C17H17NO5. The van der Waals surface area contributed by atoms with Crippen molar-refractivity contribution in [1.82, 2.24) is 0 Å². The summed E-state index contributed by atoms with van der Waals surface area (Å²) in [6, 6.07) is 12.9. The van der Waals surface area contributed by atoms with Crippen LogP contribution < -0.4 is 9.47 Å². The predicted molar refractivity (Wildman–Crippen MR) is 85.1 cm³/mol. The molecule has 0 unspecified atom stereocenters. The summed E-state index contributed by atoms with van der Waals surface area (Å²) in [5.41, 5.74) is 0.667. The molecule has 0 aliphatic rings. The van der Waals surface area contributed by atoms with Crippen LogP contribution in [0.5, 0.6) is 11.5 Å². The molecule has 0 amide bonds. The fourth-order valence-corrected chi connectivity index (χ4v) is 1.89. The van der Waals surface area contributed by atoms with Crippen LogP contribution in [0.4, 0.5) is 5.69 Å². The summed E-state index contributed by atoms with van der Waals surface area (Å²) in [4.78, 5) is 20.6. The van der Waals surface area contributed by atoms with Gasteiger partial charge in [-0.15, -0.1) is 0 Å². The molecule has 0 aromatic heterocycles. The second-order valence-electron chi connectivity index (χ2n) is 4.84. The van der Waals surface area contributed by atoms with Gasteiger partial charge in [-0.3, -0.25) is 14.9 Å². The van der Waals surface area contributed by atoms with Crippen molar-refractivity contribution >= 4 is 12.0 Å². The van der Waals surface area contributed by atoms with Gasteiger partial charge in [-0.1, -0.05) is 0 Å². The van der Waals surface area contributed by atoms with Crippen LogP contribution in [0, 0.1) is 10.1 Å². The molecular weight excluding hydrogens is 298 g/mol. The Kier molecular flexibility index (Phi) is 6.11. The third-order valence-electron chi connectivity index (χ3n) is 3.14. The van der Waals surface area contributed by atoms with E-state index in [9.17, 15) is 14.9 Å². The molecule has 0 saturated heterocycles. The largest absolute Gasteiger partial charge is 0.494 e. The van der Waals surface area contributed by atoms with Crippen LogP contribution in [-0.2, 0) is 0 Å². The highest BCUT2D eigenvalue weighted by Crippen LogP contribution is 2.17. The van der Waals surface area contributed by atoms with Crippen LogP contribution >= 0.6 is 0 Å². The van der Waals surface area contributed by atoms with Crippen molar-refractivity contribution in [1.29, 1.82) is 0 Å². The van der Waals surface area contributed by atoms with Crippen LogP contribution in [0.2, 0.25) is 0 Å². The second kappa shape index (κ2) is 8.53. The number of nitrogens with zero attached hydrogens (tertiary/aromatic N) is 1. The molecule has 0 aliphatic heterocycles. The Morgan fingerprint density at radius 1 is 0.870 bits per heavy atom. The van der Waals surface area contributed by atoms with Crippen molar-refractivity contribution in [2.45, 2.75) is 12.8 Å². The molecule has 0 fully saturated rings. The fraction of sp³-hybridized carbons (Fsp3) is 0.235. The minimum Gasteiger partial charge on any atom is -0.494 e. The number of carbonyl (C=O) groups excluding carboxylic acids is 1. The van der Waals surface area contributed by atoms with Crippen LogP contribution in [0.25, 0.3) is 0 Å². The van der Waals surface area contributed by atoms with E-state index in [2.05, 4.69) is 0 Å². The third-order valence-corrected chi connectivity index (χ3v) is 3.14. The predicted octanol–water partition coefficient (Wildman–Crippen LogP) is 3.65. The molecule has 23 heavy (non-hydrogen) atoms. The number of aldehydes is 1. The number of benzene rings is 2. The van der Waals surface area contributed by atoms with Gasteiger partial charge in [0.05, 0.1) is 18.1 Å². The Morgan fingerprint density at radius 3 is 1.78 bits per heavy atom. The maximum Gasteiger partial charge on any atom is 0.269 e. The number of nitro benzene ring substituents is 1. The molecule has 2 rings (SSSR count). The molecule has 0 bridgehead atoms. The maximum absolute atomic E-state index is 10.5. The summed E-state index contributed by atoms with van der Waals surface area (Å²) in [6.45, 7) is 1.08. The molecule has 0 spiro atoms. The molecule has 120 valence electrons. The number of hydrogen-bond acceptors (Lipinski definition) is 5. The van der Waals surface area contributed by atoms with Gasteiger partial charge in [0.15, 0.2) is 0 Å². The number of unbranched alkanes of at least 4 members (excludes halogenated alkanes) is 1. The molecule has 0 heterocycles. The molecule has 0 radical (unpaired) electrons. The van der Waals surface area contributed by atoms with Crippen molar-refractivity contribution in [3.63, 3.8) is 0 Å². The number of carbonyl (C=O) groups is 1. The zero-order valence-corrected chi connectivity index (χ0v) is 12.5. The number of ether oxygens (including phenoxy) is 2. The van der Waals surface area contributed by atoms with Gasteiger partial charge >= 0.3 is 0 Å². The number of hydrogen-bond donors (Lipinski definition) is 0. The van der Waals surface area contributed by atoms with E-state index in [1.807, 2.05) is 0 Å². The van der Waals surface area contributed by atoms with Crippen LogP contribution in [0.3, 0.4) is 0 Å². The van der Waals surface area contributed by atoms with Gasteiger partial charge in [0.25, 0.3) is 5.69 Å². The first kappa shape index (κ1) is 16.5.